The summed E-state index contributed by atoms with van der Waals surface area (Å²) in [4.78, 5) is 22.8. The van der Waals surface area contributed by atoms with Gasteiger partial charge in [0.15, 0.2) is 0 Å². The predicted octanol–water partition coefficient (Wildman–Crippen LogP) is 0.865. The van der Waals surface area contributed by atoms with Crippen molar-refractivity contribution in [2.45, 2.75) is 32.2 Å². The summed E-state index contributed by atoms with van der Waals surface area (Å²) in [6.45, 7) is 2.66. The SMILES string of the molecule is CCCCOc1ccc(CC(=O)NC(CS(=O)(=O)O)C(=O)O)cc1. The van der Waals surface area contributed by atoms with Crippen LogP contribution in [0.15, 0.2) is 24.3 Å². The fourth-order valence-electron chi connectivity index (χ4n) is 1.85. The van der Waals surface area contributed by atoms with Crippen molar-refractivity contribution in [1.82, 2.24) is 5.32 Å². The summed E-state index contributed by atoms with van der Waals surface area (Å²) < 4.78 is 35.7. The van der Waals surface area contributed by atoms with Gasteiger partial charge in [-0.3, -0.25) is 9.35 Å². The minimum atomic E-state index is -4.52. The molecule has 0 bridgehead atoms. The Morgan fingerprint density at radius 1 is 1.25 bits per heavy atom. The molecule has 1 rings (SSSR count). The van der Waals surface area contributed by atoms with Crippen molar-refractivity contribution in [3.63, 3.8) is 0 Å². The number of aliphatic carboxylic acids is 1. The summed E-state index contributed by atoms with van der Waals surface area (Å²) in [5, 5.41) is 11.0. The summed E-state index contributed by atoms with van der Waals surface area (Å²) in [5.74, 6) is -2.62. The molecule has 134 valence electrons. The number of hydrogen-bond acceptors (Lipinski definition) is 5. The number of unbranched alkanes of at least 4 members (excludes halogenated alkanes) is 1. The van der Waals surface area contributed by atoms with Gasteiger partial charge in [-0.2, -0.15) is 8.42 Å². The Bertz CT molecular complexity index is 655. The smallest absolute Gasteiger partial charge is 0.327 e. The van der Waals surface area contributed by atoms with E-state index >= 15 is 0 Å². The Morgan fingerprint density at radius 3 is 2.38 bits per heavy atom. The Kier molecular flexibility index (Phi) is 7.66. The molecule has 24 heavy (non-hydrogen) atoms. The van der Waals surface area contributed by atoms with Gasteiger partial charge in [0, 0.05) is 0 Å². The van der Waals surface area contributed by atoms with Crippen LogP contribution in [0, 0.1) is 0 Å². The molecule has 1 unspecified atom stereocenters. The zero-order valence-corrected chi connectivity index (χ0v) is 14.1. The highest BCUT2D eigenvalue weighted by Crippen LogP contribution is 2.13. The summed E-state index contributed by atoms with van der Waals surface area (Å²) in [5.41, 5.74) is 0.617. The van der Waals surface area contributed by atoms with Crippen molar-refractivity contribution >= 4 is 22.0 Å². The number of carbonyl (C=O) groups excluding carboxylic acids is 1. The Morgan fingerprint density at radius 2 is 1.88 bits per heavy atom. The first-order chi connectivity index (χ1) is 11.2. The topological polar surface area (TPSA) is 130 Å². The second-order valence-corrected chi connectivity index (χ2v) is 6.73. The molecule has 0 saturated heterocycles. The standard InChI is InChI=1S/C15H21NO7S/c1-2-3-8-23-12-6-4-11(5-7-12)9-14(17)16-13(15(18)19)10-24(20,21)22/h4-7,13H,2-3,8-10H2,1H3,(H,16,17)(H,18,19)(H,20,21,22). The van der Waals surface area contributed by atoms with Crippen LogP contribution >= 0.6 is 0 Å². The second kappa shape index (κ2) is 9.24. The molecule has 1 aromatic carbocycles. The van der Waals surface area contributed by atoms with Crippen molar-refractivity contribution in [2.24, 2.45) is 0 Å². The van der Waals surface area contributed by atoms with Crippen LogP contribution in [-0.2, 0) is 26.1 Å². The third-order valence-corrected chi connectivity index (χ3v) is 3.82. The second-order valence-electron chi connectivity index (χ2n) is 5.23. The highest BCUT2D eigenvalue weighted by atomic mass is 32.2. The number of nitrogens with one attached hydrogen (secondary N) is 1. The Balaban J connectivity index is 2.58. The number of carbonyl (C=O) groups is 2. The summed E-state index contributed by atoms with van der Waals surface area (Å²) in [6.07, 6.45) is 1.84. The minimum Gasteiger partial charge on any atom is -0.494 e. The molecule has 0 aromatic heterocycles. The van der Waals surface area contributed by atoms with Gasteiger partial charge < -0.3 is 15.2 Å². The van der Waals surface area contributed by atoms with Crippen LogP contribution < -0.4 is 10.1 Å². The molecule has 0 aliphatic heterocycles. The van der Waals surface area contributed by atoms with E-state index < -0.39 is 33.8 Å². The lowest BCUT2D eigenvalue weighted by molar-refractivity contribution is -0.141. The first-order valence-corrected chi connectivity index (χ1v) is 9.01. The summed E-state index contributed by atoms with van der Waals surface area (Å²) >= 11 is 0. The van der Waals surface area contributed by atoms with Crippen LogP contribution in [-0.4, -0.2) is 48.4 Å². The fraction of sp³-hybridized carbons (Fsp3) is 0.467. The molecule has 1 atom stereocenters. The zero-order valence-electron chi connectivity index (χ0n) is 13.3. The predicted molar refractivity (Wildman–Crippen MR) is 86.5 cm³/mol. The number of ether oxygens (including phenoxy) is 1. The van der Waals surface area contributed by atoms with Crippen molar-refractivity contribution in [2.75, 3.05) is 12.4 Å². The van der Waals surface area contributed by atoms with Crippen LogP contribution in [0.1, 0.15) is 25.3 Å². The van der Waals surface area contributed by atoms with E-state index in [1.54, 1.807) is 24.3 Å². The van der Waals surface area contributed by atoms with E-state index in [2.05, 4.69) is 12.2 Å². The van der Waals surface area contributed by atoms with Gasteiger partial charge in [-0.15, -0.1) is 0 Å². The molecule has 9 heteroatoms. The molecule has 0 heterocycles. The fourth-order valence-corrected chi connectivity index (χ4v) is 2.50. The number of hydrogen-bond donors (Lipinski definition) is 3. The van der Waals surface area contributed by atoms with E-state index in [4.69, 9.17) is 14.4 Å². The summed E-state index contributed by atoms with van der Waals surface area (Å²) in [7, 11) is -4.52. The molecular weight excluding hydrogens is 338 g/mol. The van der Waals surface area contributed by atoms with E-state index in [1.165, 1.54) is 0 Å². The molecule has 8 nitrogen and oxygen atoms in total. The van der Waals surface area contributed by atoms with E-state index in [9.17, 15) is 18.0 Å². The van der Waals surface area contributed by atoms with Crippen LogP contribution in [0.4, 0.5) is 0 Å². The maximum Gasteiger partial charge on any atom is 0.327 e. The number of carboxylic acid groups (broad SMARTS) is 1. The first kappa shape index (κ1) is 19.9. The van der Waals surface area contributed by atoms with E-state index in [-0.39, 0.29) is 6.42 Å². The molecule has 3 N–H and O–H groups in total. The zero-order chi connectivity index (χ0) is 18.2. The van der Waals surface area contributed by atoms with Gasteiger partial charge in [0.25, 0.3) is 10.1 Å². The van der Waals surface area contributed by atoms with Crippen molar-refractivity contribution in [3.05, 3.63) is 29.8 Å². The number of carboxylic acids is 1. The number of benzene rings is 1. The maximum absolute atomic E-state index is 11.8. The highest BCUT2D eigenvalue weighted by Gasteiger charge is 2.25. The number of amides is 1. The monoisotopic (exact) mass is 359 g/mol. The lowest BCUT2D eigenvalue weighted by atomic mass is 10.1. The van der Waals surface area contributed by atoms with Crippen LogP contribution in [0.2, 0.25) is 0 Å². The van der Waals surface area contributed by atoms with E-state index in [0.29, 0.717) is 17.9 Å². The molecule has 0 spiro atoms. The van der Waals surface area contributed by atoms with Crippen molar-refractivity contribution < 1.29 is 32.4 Å². The average Bonchev–Trinajstić information content (AvgIpc) is 2.47. The number of rotatable bonds is 10. The van der Waals surface area contributed by atoms with Gasteiger partial charge >= 0.3 is 5.97 Å². The Labute approximate surface area is 140 Å². The minimum absolute atomic E-state index is 0.121. The molecule has 0 fully saturated rings. The highest BCUT2D eigenvalue weighted by molar-refractivity contribution is 7.85. The molecule has 0 aliphatic rings. The molecule has 0 saturated carbocycles. The maximum atomic E-state index is 11.8. The quantitative estimate of drug-likeness (QED) is 0.417. The van der Waals surface area contributed by atoms with Crippen molar-refractivity contribution in [1.29, 1.82) is 0 Å². The van der Waals surface area contributed by atoms with Crippen LogP contribution in [0.25, 0.3) is 0 Å². The lowest BCUT2D eigenvalue weighted by Gasteiger charge is -2.13. The van der Waals surface area contributed by atoms with E-state index in [1.807, 2.05) is 0 Å². The lowest BCUT2D eigenvalue weighted by Crippen LogP contribution is -2.45. The summed E-state index contributed by atoms with van der Waals surface area (Å²) in [6, 6.07) is 5.03. The van der Waals surface area contributed by atoms with Gasteiger partial charge in [0.1, 0.15) is 17.5 Å². The van der Waals surface area contributed by atoms with Gasteiger partial charge in [-0.25, -0.2) is 4.79 Å². The molecule has 0 radical (unpaired) electrons. The molecule has 1 aromatic rings. The first-order valence-electron chi connectivity index (χ1n) is 7.40. The third-order valence-electron chi connectivity index (χ3n) is 3.07. The molecular formula is C15H21NO7S. The van der Waals surface area contributed by atoms with Gasteiger partial charge in [0.2, 0.25) is 5.91 Å². The Hall–Kier alpha value is -2.13. The van der Waals surface area contributed by atoms with Gasteiger partial charge in [-0.05, 0) is 24.1 Å². The molecule has 1 amide bonds. The largest absolute Gasteiger partial charge is 0.494 e. The van der Waals surface area contributed by atoms with E-state index in [0.717, 1.165) is 12.8 Å². The van der Waals surface area contributed by atoms with Gasteiger partial charge in [0.05, 0.1) is 13.0 Å². The normalized spacial score (nSPS) is 12.4. The average molecular weight is 359 g/mol. The van der Waals surface area contributed by atoms with Crippen LogP contribution in [0.3, 0.4) is 0 Å². The van der Waals surface area contributed by atoms with Crippen LogP contribution in [0.5, 0.6) is 5.75 Å². The molecule has 0 aliphatic carbocycles. The van der Waals surface area contributed by atoms with Gasteiger partial charge in [-0.1, -0.05) is 25.5 Å². The van der Waals surface area contributed by atoms with Crippen molar-refractivity contribution in [3.8, 4) is 5.75 Å². The third kappa shape index (κ3) is 7.93.